The Kier molecular flexibility index (Phi) is 30.9. The lowest BCUT2D eigenvalue weighted by atomic mass is 10.0. The number of carbonyl (C=O) groups excluding carboxylic acids is 1. The third kappa shape index (κ3) is 28.7. The second kappa shape index (κ2) is 31.8. The number of carbonyl (C=O) groups is 1. The summed E-state index contributed by atoms with van der Waals surface area (Å²) in [5.41, 5.74) is 0. The number of hydrogen-bond acceptors (Lipinski definition) is 4. The summed E-state index contributed by atoms with van der Waals surface area (Å²) in [5, 5.41) is 32.9. The average Bonchev–Trinajstić information content (AvgIpc) is 2.96. The number of aliphatic hydroxyl groups is 3. The molecule has 0 radical (unpaired) electrons. The molecule has 4 N–H and O–H groups in total. The van der Waals surface area contributed by atoms with Crippen LogP contribution in [0.1, 0.15) is 174 Å². The van der Waals surface area contributed by atoms with Crippen LogP contribution in [0.5, 0.6) is 0 Å². The summed E-state index contributed by atoms with van der Waals surface area (Å²) >= 11 is 0. The van der Waals surface area contributed by atoms with Gasteiger partial charge in [-0.2, -0.15) is 0 Å². The smallest absolute Gasteiger partial charge is 0.222 e. The molecule has 0 aromatic rings. The van der Waals surface area contributed by atoms with E-state index in [1.807, 2.05) is 6.08 Å². The second-order valence-corrected chi connectivity index (χ2v) is 12.1. The van der Waals surface area contributed by atoms with E-state index >= 15 is 0 Å². The highest BCUT2D eigenvalue weighted by atomic mass is 16.3. The predicted octanol–water partition coefficient (Wildman–Crippen LogP) is 9.09. The third-order valence-corrected chi connectivity index (χ3v) is 7.99. The van der Waals surface area contributed by atoms with Crippen molar-refractivity contribution in [3.63, 3.8) is 0 Å². The molecule has 5 nitrogen and oxygen atoms in total. The SMILES string of the molecule is CCCCCC/C=C/CC/C=C/C(O)C(CO)NC(=O)CC(O)CCCCCCCCCCCCCCCCCC. The van der Waals surface area contributed by atoms with Gasteiger partial charge in [0.1, 0.15) is 0 Å². The maximum absolute atomic E-state index is 12.3. The van der Waals surface area contributed by atoms with Crippen molar-refractivity contribution in [2.24, 2.45) is 0 Å². The lowest BCUT2D eigenvalue weighted by molar-refractivity contribution is -0.124. The van der Waals surface area contributed by atoms with Gasteiger partial charge in [0, 0.05) is 0 Å². The van der Waals surface area contributed by atoms with Crippen LogP contribution in [0.15, 0.2) is 24.3 Å². The maximum Gasteiger partial charge on any atom is 0.222 e. The Morgan fingerprint density at radius 3 is 1.56 bits per heavy atom. The summed E-state index contributed by atoms with van der Waals surface area (Å²) in [7, 11) is 0. The molecule has 0 heterocycles. The largest absolute Gasteiger partial charge is 0.394 e. The molecule has 3 atom stereocenters. The Bertz CT molecular complexity index is 606. The number of rotatable bonds is 31. The Morgan fingerprint density at radius 2 is 1.05 bits per heavy atom. The quantitative estimate of drug-likeness (QED) is 0.0487. The van der Waals surface area contributed by atoms with Gasteiger partial charge in [0.25, 0.3) is 0 Å². The van der Waals surface area contributed by atoms with Gasteiger partial charge in [-0.1, -0.05) is 160 Å². The van der Waals surface area contributed by atoms with Crippen molar-refractivity contribution in [1.82, 2.24) is 5.32 Å². The van der Waals surface area contributed by atoms with Crippen molar-refractivity contribution in [3.05, 3.63) is 24.3 Å². The zero-order valence-corrected chi connectivity index (χ0v) is 27.2. The van der Waals surface area contributed by atoms with Gasteiger partial charge in [-0.25, -0.2) is 0 Å². The molecule has 0 rings (SSSR count). The summed E-state index contributed by atoms with van der Waals surface area (Å²) in [6.45, 7) is 4.15. The van der Waals surface area contributed by atoms with Gasteiger partial charge in [0.15, 0.2) is 0 Å². The van der Waals surface area contributed by atoms with Crippen molar-refractivity contribution in [2.45, 2.75) is 193 Å². The summed E-state index contributed by atoms with van der Waals surface area (Å²) in [6, 6.07) is -0.754. The standard InChI is InChI=1S/C36H69NO4/c1-3-5-7-9-11-13-15-16-17-18-19-20-21-23-25-27-29-33(39)31-36(41)37-34(32-38)35(40)30-28-26-24-22-14-12-10-8-6-4-2/h14,22,28,30,33-35,38-40H,3-13,15-21,23-27,29,31-32H2,1-2H3,(H,37,41)/b22-14+,30-28+. The molecule has 41 heavy (non-hydrogen) atoms. The molecule has 0 aliphatic carbocycles. The normalized spacial score (nSPS) is 14.2. The molecule has 3 unspecified atom stereocenters. The maximum atomic E-state index is 12.3. The number of amides is 1. The minimum Gasteiger partial charge on any atom is -0.394 e. The Morgan fingerprint density at radius 1 is 0.610 bits per heavy atom. The number of unbranched alkanes of at least 4 members (excludes halogenated alkanes) is 20. The van der Waals surface area contributed by atoms with E-state index in [1.54, 1.807) is 6.08 Å². The first-order valence-corrected chi connectivity index (χ1v) is 17.6. The summed E-state index contributed by atoms with van der Waals surface area (Å²) in [4.78, 5) is 12.3. The van der Waals surface area contributed by atoms with E-state index < -0.39 is 18.2 Å². The fourth-order valence-electron chi connectivity index (χ4n) is 5.24. The summed E-state index contributed by atoms with van der Waals surface area (Å²) in [5.74, 6) is -0.327. The third-order valence-electron chi connectivity index (χ3n) is 7.99. The van der Waals surface area contributed by atoms with Crippen molar-refractivity contribution < 1.29 is 20.1 Å². The molecule has 0 aliphatic heterocycles. The van der Waals surface area contributed by atoms with E-state index in [1.165, 1.54) is 116 Å². The van der Waals surface area contributed by atoms with Crippen molar-refractivity contribution in [2.75, 3.05) is 6.61 Å². The summed E-state index contributed by atoms with van der Waals surface area (Å²) in [6.07, 6.45) is 35.9. The molecular weight excluding hydrogens is 510 g/mol. The highest BCUT2D eigenvalue weighted by Crippen LogP contribution is 2.15. The van der Waals surface area contributed by atoms with Crippen LogP contribution in [0.2, 0.25) is 0 Å². The van der Waals surface area contributed by atoms with E-state index in [9.17, 15) is 20.1 Å². The van der Waals surface area contributed by atoms with Crippen LogP contribution in [0.4, 0.5) is 0 Å². The first-order chi connectivity index (χ1) is 20.0. The van der Waals surface area contributed by atoms with Gasteiger partial charge in [-0.15, -0.1) is 0 Å². The number of hydrogen-bond donors (Lipinski definition) is 4. The fraction of sp³-hybridized carbons (Fsp3) is 0.861. The monoisotopic (exact) mass is 580 g/mol. The molecule has 5 heteroatoms. The highest BCUT2D eigenvalue weighted by molar-refractivity contribution is 5.76. The Balaban J connectivity index is 3.73. The Labute approximate surface area is 254 Å². The van der Waals surface area contributed by atoms with Gasteiger partial charge in [-0.05, 0) is 32.1 Å². The zero-order valence-electron chi connectivity index (χ0n) is 27.2. The minimum atomic E-state index is -0.945. The predicted molar refractivity (Wildman–Crippen MR) is 176 cm³/mol. The first-order valence-electron chi connectivity index (χ1n) is 17.6. The molecule has 0 aromatic carbocycles. The van der Waals surface area contributed by atoms with Crippen LogP contribution in [0.3, 0.4) is 0 Å². The van der Waals surface area contributed by atoms with E-state index in [0.717, 1.165) is 32.1 Å². The van der Waals surface area contributed by atoms with Gasteiger partial charge in [-0.3, -0.25) is 4.79 Å². The van der Waals surface area contributed by atoms with E-state index in [0.29, 0.717) is 6.42 Å². The molecule has 1 amide bonds. The zero-order chi connectivity index (χ0) is 30.2. The van der Waals surface area contributed by atoms with Crippen molar-refractivity contribution in [1.29, 1.82) is 0 Å². The molecule has 242 valence electrons. The van der Waals surface area contributed by atoms with Crippen LogP contribution >= 0.6 is 0 Å². The molecule has 0 fully saturated rings. The van der Waals surface area contributed by atoms with Gasteiger partial charge < -0.3 is 20.6 Å². The first kappa shape index (κ1) is 39.8. The van der Waals surface area contributed by atoms with Crippen LogP contribution in [-0.2, 0) is 4.79 Å². The topological polar surface area (TPSA) is 89.8 Å². The van der Waals surface area contributed by atoms with Gasteiger partial charge in [0.05, 0.1) is 31.3 Å². The molecule has 0 bridgehead atoms. The van der Waals surface area contributed by atoms with Crippen molar-refractivity contribution >= 4 is 5.91 Å². The summed E-state index contributed by atoms with van der Waals surface area (Å²) < 4.78 is 0. The lowest BCUT2D eigenvalue weighted by Crippen LogP contribution is -2.45. The van der Waals surface area contributed by atoms with Crippen LogP contribution < -0.4 is 5.32 Å². The van der Waals surface area contributed by atoms with Crippen LogP contribution in [0, 0.1) is 0 Å². The molecule has 0 saturated heterocycles. The fourth-order valence-corrected chi connectivity index (χ4v) is 5.24. The number of allylic oxidation sites excluding steroid dienone is 3. The highest BCUT2D eigenvalue weighted by Gasteiger charge is 2.20. The lowest BCUT2D eigenvalue weighted by Gasteiger charge is -2.21. The van der Waals surface area contributed by atoms with Crippen LogP contribution in [-0.4, -0.2) is 46.1 Å². The van der Waals surface area contributed by atoms with E-state index in [2.05, 4.69) is 31.3 Å². The number of aliphatic hydroxyl groups excluding tert-OH is 3. The minimum absolute atomic E-state index is 0.00866. The Hall–Kier alpha value is -1.17. The second-order valence-electron chi connectivity index (χ2n) is 12.1. The van der Waals surface area contributed by atoms with Gasteiger partial charge >= 0.3 is 0 Å². The molecule has 0 saturated carbocycles. The molecular formula is C36H69NO4. The van der Waals surface area contributed by atoms with E-state index in [4.69, 9.17) is 0 Å². The molecule has 0 aliphatic rings. The molecule has 0 aromatic heterocycles. The van der Waals surface area contributed by atoms with Crippen molar-refractivity contribution in [3.8, 4) is 0 Å². The average molecular weight is 580 g/mol. The molecule has 0 spiro atoms. The van der Waals surface area contributed by atoms with Crippen LogP contribution in [0.25, 0.3) is 0 Å². The number of nitrogens with one attached hydrogen (secondary N) is 1. The van der Waals surface area contributed by atoms with Gasteiger partial charge in [0.2, 0.25) is 5.91 Å². The van der Waals surface area contributed by atoms with E-state index in [-0.39, 0.29) is 18.9 Å².